The maximum absolute atomic E-state index is 12.1. The molecule has 0 aliphatic carbocycles. The molecule has 0 N–H and O–H groups in total. The zero-order valence-electron chi connectivity index (χ0n) is 9.85. The SMILES string of the molecule is CCN(CC(C)C#N)C(=O)c1ccnc(Br)c1. The van der Waals surface area contributed by atoms with E-state index < -0.39 is 0 Å². The Morgan fingerprint density at radius 1 is 1.71 bits per heavy atom. The van der Waals surface area contributed by atoms with E-state index in [-0.39, 0.29) is 11.8 Å². The van der Waals surface area contributed by atoms with Crippen LogP contribution in [0.4, 0.5) is 0 Å². The molecule has 1 rings (SSSR count). The molecular weight excluding hydrogens is 282 g/mol. The minimum absolute atomic E-state index is 0.0716. The van der Waals surface area contributed by atoms with E-state index in [4.69, 9.17) is 5.26 Å². The van der Waals surface area contributed by atoms with Crippen molar-refractivity contribution in [2.45, 2.75) is 13.8 Å². The highest BCUT2D eigenvalue weighted by molar-refractivity contribution is 9.10. The van der Waals surface area contributed by atoms with Crippen LogP contribution < -0.4 is 0 Å². The van der Waals surface area contributed by atoms with Crippen molar-refractivity contribution >= 4 is 21.8 Å². The summed E-state index contributed by atoms with van der Waals surface area (Å²) in [5.74, 6) is -0.234. The number of pyridine rings is 1. The Hall–Kier alpha value is -1.41. The number of nitriles is 1. The topological polar surface area (TPSA) is 57.0 Å². The molecule has 1 amide bonds. The summed E-state index contributed by atoms with van der Waals surface area (Å²) in [6, 6.07) is 5.49. The van der Waals surface area contributed by atoms with Crippen molar-refractivity contribution in [1.29, 1.82) is 5.26 Å². The van der Waals surface area contributed by atoms with Gasteiger partial charge >= 0.3 is 0 Å². The van der Waals surface area contributed by atoms with E-state index in [0.29, 0.717) is 23.3 Å². The Kier molecular flexibility index (Phi) is 5.11. The fourth-order valence-electron chi connectivity index (χ4n) is 1.45. The van der Waals surface area contributed by atoms with E-state index in [0.717, 1.165) is 0 Å². The molecule has 0 spiro atoms. The quantitative estimate of drug-likeness (QED) is 0.802. The third kappa shape index (κ3) is 3.82. The number of halogens is 1. The van der Waals surface area contributed by atoms with E-state index in [1.54, 1.807) is 30.2 Å². The van der Waals surface area contributed by atoms with Crippen molar-refractivity contribution in [2.75, 3.05) is 13.1 Å². The summed E-state index contributed by atoms with van der Waals surface area (Å²) in [5, 5.41) is 8.77. The molecule has 0 bridgehead atoms. The Morgan fingerprint density at radius 2 is 2.41 bits per heavy atom. The van der Waals surface area contributed by atoms with Gasteiger partial charge in [-0.05, 0) is 41.9 Å². The van der Waals surface area contributed by atoms with E-state index >= 15 is 0 Å². The van der Waals surface area contributed by atoms with Gasteiger partial charge in [-0.2, -0.15) is 5.26 Å². The molecule has 1 heterocycles. The summed E-state index contributed by atoms with van der Waals surface area (Å²) in [7, 11) is 0. The Balaban J connectivity index is 2.83. The largest absolute Gasteiger partial charge is 0.338 e. The highest BCUT2D eigenvalue weighted by Gasteiger charge is 2.16. The van der Waals surface area contributed by atoms with Crippen LogP contribution >= 0.6 is 15.9 Å². The molecule has 1 aromatic heterocycles. The number of amides is 1. The van der Waals surface area contributed by atoms with Gasteiger partial charge in [0.2, 0.25) is 0 Å². The summed E-state index contributed by atoms with van der Waals surface area (Å²) in [5.41, 5.74) is 0.582. The van der Waals surface area contributed by atoms with Gasteiger partial charge in [0, 0.05) is 24.8 Å². The molecule has 90 valence electrons. The minimum atomic E-state index is -0.163. The molecule has 1 aromatic rings. The second-order valence-corrected chi connectivity index (χ2v) is 4.55. The number of rotatable bonds is 4. The van der Waals surface area contributed by atoms with E-state index in [1.165, 1.54) is 0 Å². The first-order valence-corrected chi connectivity index (χ1v) is 6.18. The minimum Gasteiger partial charge on any atom is -0.338 e. The van der Waals surface area contributed by atoms with E-state index in [2.05, 4.69) is 27.0 Å². The van der Waals surface area contributed by atoms with Crippen LogP contribution in [-0.2, 0) is 0 Å². The zero-order valence-corrected chi connectivity index (χ0v) is 11.4. The third-order valence-electron chi connectivity index (χ3n) is 2.36. The van der Waals surface area contributed by atoms with Gasteiger partial charge in [-0.3, -0.25) is 4.79 Å². The van der Waals surface area contributed by atoms with Gasteiger partial charge in [0.1, 0.15) is 4.60 Å². The molecule has 0 aliphatic heterocycles. The molecule has 0 fully saturated rings. The molecule has 1 unspecified atom stereocenters. The molecule has 17 heavy (non-hydrogen) atoms. The van der Waals surface area contributed by atoms with E-state index in [9.17, 15) is 4.79 Å². The Morgan fingerprint density at radius 3 is 2.94 bits per heavy atom. The van der Waals surface area contributed by atoms with Crippen LogP contribution in [0.15, 0.2) is 22.9 Å². The lowest BCUT2D eigenvalue weighted by Crippen LogP contribution is -2.34. The van der Waals surface area contributed by atoms with Crippen molar-refractivity contribution in [2.24, 2.45) is 5.92 Å². The average molecular weight is 296 g/mol. The van der Waals surface area contributed by atoms with Gasteiger partial charge in [-0.1, -0.05) is 0 Å². The third-order valence-corrected chi connectivity index (χ3v) is 2.79. The van der Waals surface area contributed by atoms with E-state index in [1.807, 2.05) is 6.92 Å². The predicted octanol–water partition coefficient (Wildman–Crippen LogP) is 2.47. The van der Waals surface area contributed by atoms with Gasteiger partial charge in [-0.15, -0.1) is 0 Å². The lowest BCUT2D eigenvalue weighted by Gasteiger charge is -2.21. The van der Waals surface area contributed by atoms with Crippen LogP contribution in [0.25, 0.3) is 0 Å². The molecule has 0 saturated heterocycles. The number of carbonyl (C=O) groups is 1. The molecule has 5 heteroatoms. The number of hydrogen-bond acceptors (Lipinski definition) is 3. The van der Waals surface area contributed by atoms with Crippen molar-refractivity contribution in [1.82, 2.24) is 9.88 Å². The first-order valence-electron chi connectivity index (χ1n) is 5.39. The molecule has 0 aliphatic rings. The Bertz CT molecular complexity index is 442. The zero-order chi connectivity index (χ0) is 12.8. The Labute approximate surface area is 109 Å². The fraction of sp³-hybridized carbons (Fsp3) is 0.417. The number of nitrogens with zero attached hydrogens (tertiary/aromatic N) is 3. The average Bonchev–Trinajstić information content (AvgIpc) is 2.34. The van der Waals surface area contributed by atoms with Gasteiger partial charge in [0.15, 0.2) is 0 Å². The standard InChI is InChI=1S/C12H14BrN3O/c1-3-16(8-9(2)7-14)12(17)10-4-5-15-11(13)6-10/h4-6,9H,3,8H2,1-2H3. The molecule has 4 nitrogen and oxygen atoms in total. The van der Waals surface area contributed by atoms with Crippen molar-refractivity contribution in [3.63, 3.8) is 0 Å². The lowest BCUT2D eigenvalue weighted by atomic mass is 10.1. The molecule has 1 atom stereocenters. The van der Waals surface area contributed by atoms with Gasteiger partial charge in [0.25, 0.3) is 5.91 Å². The number of carbonyl (C=O) groups excluding carboxylic acids is 1. The van der Waals surface area contributed by atoms with Crippen molar-refractivity contribution < 1.29 is 4.79 Å². The molecule has 0 saturated carbocycles. The number of hydrogen-bond donors (Lipinski definition) is 0. The van der Waals surface area contributed by atoms with Crippen LogP contribution in [0.5, 0.6) is 0 Å². The summed E-state index contributed by atoms with van der Waals surface area (Å²) < 4.78 is 0.632. The second kappa shape index (κ2) is 6.36. The molecular formula is C12H14BrN3O. The normalized spacial score (nSPS) is 11.6. The maximum atomic E-state index is 12.1. The van der Waals surface area contributed by atoms with Gasteiger partial charge in [0.05, 0.1) is 12.0 Å². The summed E-state index contributed by atoms with van der Waals surface area (Å²) in [4.78, 5) is 17.8. The smallest absolute Gasteiger partial charge is 0.254 e. The maximum Gasteiger partial charge on any atom is 0.254 e. The molecule has 0 radical (unpaired) electrons. The summed E-state index contributed by atoms with van der Waals surface area (Å²) in [6.07, 6.45) is 1.58. The lowest BCUT2D eigenvalue weighted by molar-refractivity contribution is 0.0752. The fourth-order valence-corrected chi connectivity index (χ4v) is 1.81. The van der Waals surface area contributed by atoms with Crippen LogP contribution in [0.3, 0.4) is 0 Å². The monoisotopic (exact) mass is 295 g/mol. The first-order chi connectivity index (χ1) is 8.08. The highest BCUT2D eigenvalue weighted by Crippen LogP contribution is 2.11. The summed E-state index contributed by atoms with van der Waals surface area (Å²) in [6.45, 7) is 4.74. The summed E-state index contributed by atoms with van der Waals surface area (Å²) >= 11 is 3.23. The van der Waals surface area contributed by atoms with Crippen LogP contribution in [0, 0.1) is 17.2 Å². The van der Waals surface area contributed by atoms with Gasteiger partial charge in [-0.25, -0.2) is 4.98 Å². The van der Waals surface area contributed by atoms with Crippen LogP contribution in [0.2, 0.25) is 0 Å². The van der Waals surface area contributed by atoms with Crippen molar-refractivity contribution in [3.05, 3.63) is 28.5 Å². The predicted molar refractivity (Wildman–Crippen MR) is 68.3 cm³/mol. The first kappa shape index (κ1) is 13.7. The number of aromatic nitrogens is 1. The van der Waals surface area contributed by atoms with Crippen molar-refractivity contribution in [3.8, 4) is 6.07 Å². The van der Waals surface area contributed by atoms with Crippen LogP contribution in [-0.4, -0.2) is 28.9 Å². The molecule has 0 aromatic carbocycles. The van der Waals surface area contributed by atoms with Gasteiger partial charge < -0.3 is 4.90 Å². The highest BCUT2D eigenvalue weighted by atomic mass is 79.9. The second-order valence-electron chi connectivity index (χ2n) is 3.74. The van der Waals surface area contributed by atoms with Crippen LogP contribution in [0.1, 0.15) is 24.2 Å².